The van der Waals surface area contributed by atoms with Gasteiger partial charge in [0.2, 0.25) is 0 Å². The topological polar surface area (TPSA) is 42.0 Å². The second kappa shape index (κ2) is 9.02. The van der Waals surface area contributed by atoms with Crippen molar-refractivity contribution in [3.8, 4) is 0 Å². The van der Waals surface area contributed by atoms with Gasteiger partial charge in [-0.3, -0.25) is 9.78 Å². The lowest BCUT2D eigenvalue weighted by atomic mass is 9.84. The zero-order valence-electron chi connectivity index (χ0n) is 19.4. The molecule has 2 aliphatic carbocycles. The molecule has 0 amide bonds. The Bertz CT molecular complexity index is 1140. The fourth-order valence-corrected chi connectivity index (χ4v) is 5.58. The van der Waals surface area contributed by atoms with E-state index in [9.17, 15) is 4.79 Å². The number of aromatic nitrogens is 1. The van der Waals surface area contributed by atoms with Gasteiger partial charge in [-0.05, 0) is 74.2 Å². The Morgan fingerprint density at radius 2 is 1.82 bits per heavy atom. The molecule has 2 aromatic carbocycles. The number of hydrogen-bond acceptors (Lipinski definition) is 3. The van der Waals surface area contributed by atoms with Crippen molar-refractivity contribution in [3.63, 3.8) is 0 Å². The van der Waals surface area contributed by atoms with Gasteiger partial charge in [0.15, 0.2) is 5.78 Å². The van der Waals surface area contributed by atoms with Gasteiger partial charge >= 0.3 is 0 Å². The van der Waals surface area contributed by atoms with Crippen LogP contribution in [0.5, 0.6) is 0 Å². The number of carbonyl (C=O) groups excluding carboxylic acids is 1. The summed E-state index contributed by atoms with van der Waals surface area (Å²) in [5, 5.41) is 4.69. The van der Waals surface area contributed by atoms with Crippen LogP contribution in [0.4, 0.5) is 0 Å². The number of Topliss-reactive ketones (excluding diaryl/α,β-unsaturated/α-hetero) is 1. The lowest BCUT2D eigenvalue weighted by Crippen LogP contribution is -2.30. The van der Waals surface area contributed by atoms with Crippen LogP contribution in [0, 0.1) is 5.92 Å². The first-order chi connectivity index (χ1) is 16.2. The quantitative estimate of drug-likeness (QED) is 0.385. The average molecular weight is 439 g/mol. The van der Waals surface area contributed by atoms with Crippen molar-refractivity contribution in [3.05, 3.63) is 77.0 Å². The molecule has 1 aromatic heterocycles. The lowest BCUT2D eigenvalue weighted by molar-refractivity contribution is 0.0969. The SMILES string of the molecule is O=C(C[C@@H](c1ccc(CCC2CC2)cc1)C1CCCN1)c1cc(C2CC2)nc2ccccc12. The molecule has 0 spiro atoms. The highest BCUT2D eigenvalue weighted by atomic mass is 16.1. The maximum atomic E-state index is 13.8. The van der Waals surface area contributed by atoms with Crippen molar-refractivity contribution in [1.82, 2.24) is 10.3 Å². The molecule has 1 aliphatic heterocycles. The van der Waals surface area contributed by atoms with Crippen LogP contribution in [-0.4, -0.2) is 23.4 Å². The maximum absolute atomic E-state index is 13.8. The summed E-state index contributed by atoms with van der Waals surface area (Å²) in [6.07, 6.45) is 10.6. The van der Waals surface area contributed by atoms with Crippen LogP contribution in [-0.2, 0) is 6.42 Å². The van der Waals surface area contributed by atoms with Crippen molar-refractivity contribution < 1.29 is 4.79 Å². The number of para-hydroxylation sites is 1. The molecule has 3 nitrogen and oxygen atoms in total. The third kappa shape index (κ3) is 4.75. The largest absolute Gasteiger partial charge is 0.313 e. The Balaban J connectivity index is 1.27. The molecular formula is C30H34N2O. The van der Waals surface area contributed by atoms with Crippen molar-refractivity contribution >= 4 is 16.7 Å². The van der Waals surface area contributed by atoms with Crippen LogP contribution in [0.3, 0.4) is 0 Å². The van der Waals surface area contributed by atoms with Crippen molar-refractivity contribution in [2.45, 2.75) is 75.7 Å². The summed E-state index contributed by atoms with van der Waals surface area (Å²) in [5.41, 5.74) is 5.67. The van der Waals surface area contributed by atoms with Gasteiger partial charge in [0.1, 0.15) is 0 Å². The molecule has 2 heterocycles. The third-order valence-corrected chi connectivity index (χ3v) is 7.97. The monoisotopic (exact) mass is 438 g/mol. The number of nitrogens with zero attached hydrogens (tertiary/aromatic N) is 1. The molecule has 1 unspecified atom stereocenters. The number of ketones is 1. The van der Waals surface area contributed by atoms with Gasteiger partial charge in [-0.15, -0.1) is 0 Å². The first kappa shape index (κ1) is 21.0. The number of rotatable bonds is 9. The molecule has 1 N–H and O–H groups in total. The Kier molecular flexibility index (Phi) is 5.75. The van der Waals surface area contributed by atoms with E-state index in [0.29, 0.717) is 18.4 Å². The van der Waals surface area contributed by atoms with E-state index in [1.165, 1.54) is 56.1 Å². The Morgan fingerprint density at radius 1 is 1.00 bits per heavy atom. The summed E-state index contributed by atoms with van der Waals surface area (Å²) in [4.78, 5) is 18.7. The number of hydrogen-bond donors (Lipinski definition) is 1. The van der Waals surface area contributed by atoms with E-state index in [1.807, 2.05) is 18.2 Å². The molecule has 3 aliphatic rings. The molecule has 33 heavy (non-hydrogen) atoms. The second-order valence-electron chi connectivity index (χ2n) is 10.5. The van der Waals surface area contributed by atoms with Crippen molar-refractivity contribution in [2.24, 2.45) is 5.92 Å². The summed E-state index contributed by atoms with van der Waals surface area (Å²) in [6, 6.07) is 19.8. The minimum absolute atomic E-state index is 0.216. The van der Waals surface area contributed by atoms with Gasteiger partial charge in [0.05, 0.1) is 5.52 Å². The number of fused-ring (bicyclic) bond motifs is 1. The second-order valence-corrected chi connectivity index (χ2v) is 10.5. The molecule has 1 saturated heterocycles. The molecule has 170 valence electrons. The van der Waals surface area contributed by atoms with Crippen LogP contribution in [0.15, 0.2) is 54.6 Å². The van der Waals surface area contributed by atoms with Crippen molar-refractivity contribution in [1.29, 1.82) is 0 Å². The van der Waals surface area contributed by atoms with Gasteiger partial charge in [0, 0.05) is 40.9 Å². The van der Waals surface area contributed by atoms with Crippen LogP contribution in [0.25, 0.3) is 10.9 Å². The summed E-state index contributed by atoms with van der Waals surface area (Å²) >= 11 is 0. The van der Waals surface area contributed by atoms with E-state index in [0.717, 1.165) is 41.0 Å². The lowest BCUT2D eigenvalue weighted by Gasteiger charge is -2.24. The number of aryl methyl sites for hydroxylation is 1. The Morgan fingerprint density at radius 3 is 2.55 bits per heavy atom. The smallest absolute Gasteiger partial charge is 0.164 e. The summed E-state index contributed by atoms with van der Waals surface area (Å²) < 4.78 is 0. The molecule has 3 heteroatoms. The molecule has 0 bridgehead atoms. The Labute approximate surface area is 197 Å². The minimum atomic E-state index is 0.216. The van der Waals surface area contributed by atoms with E-state index >= 15 is 0 Å². The van der Waals surface area contributed by atoms with E-state index in [4.69, 9.17) is 4.98 Å². The third-order valence-electron chi connectivity index (χ3n) is 7.97. The highest BCUT2D eigenvalue weighted by molar-refractivity contribution is 6.07. The molecule has 3 aromatic rings. The highest BCUT2D eigenvalue weighted by Gasteiger charge is 2.31. The predicted molar refractivity (Wildman–Crippen MR) is 134 cm³/mol. The zero-order valence-corrected chi connectivity index (χ0v) is 19.4. The average Bonchev–Trinajstić information content (AvgIpc) is 3.79. The van der Waals surface area contributed by atoms with Crippen LogP contribution in [0.2, 0.25) is 0 Å². The minimum Gasteiger partial charge on any atom is -0.313 e. The highest BCUT2D eigenvalue weighted by Crippen LogP contribution is 2.41. The Hall–Kier alpha value is -2.52. The standard InChI is InChI=1S/C30H34N2O/c33-30(26-18-29(23-15-16-23)32-28-5-2-1-4-24(26)28)19-25(27-6-3-17-31-27)22-13-11-21(12-14-22)10-9-20-7-8-20/h1-2,4-5,11-14,18,20,23,25,27,31H,3,6-10,15-17,19H2/t25-,27?/m0/s1. The number of carbonyl (C=O) groups is 1. The van der Waals surface area contributed by atoms with Gasteiger partial charge in [-0.25, -0.2) is 0 Å². The first-order valence-electron chi connectivity index (χ1n) is 13.0. The van der Waals surface area contributed by atoms with Gasteiger partial charge in [-0.2, -0.15) is 0 Å². The van der Waals surface area contributed by atoms with Crippen LogP contribution < -0.4 is 5.32 Å². The number of nitrogens with one attached hydrogen (secondary N) is 1. The van der Waals surface area contributed by atoms with E-state index in [2.05, 4.69) is 41.7 Å². The predicted octanol–water partition coefficient (Wildman–Crippen LogP) is 6.56. The van der Waals surface area contributed by atoms with Crippen LogP contribution in [0.1, 0.15) is 90.4 Å². The van der Waals surface area contributed by atoms with Crippen LogP contribution >= 0.6 is 0 Å². The van der Waals surface area contributed by atoms with Gasteiger partial charge < -0.3 is 5.32 Å². The summed E-state index contributed by atoms with van der Waals surface area (Å²) in [7, 11) is 0. The van der Waals surface area contributed by atoms with E-state index in [-0.39, 0.29) is 11.7 Å². The van der Waals surface area contributed by atoms with E-state index < -0.39 is 0 Å². The zero-order chi connectivity index (χ0) is 22.2. The normalized spacial score (nSPS) is 21.4. The van der Waals surface area contributed by atoms with E-state index in [1.54, 1.807) is 0 Å². The number of pyridine rings is 1. The summed E-state index contributed by atoms with van der Waals surface area (Å²) in [6.45, 7) is 1.05. The van der Waals surface area contributed by atoms with Gasteiger partial charge in [0.25, 0.3) is 0 Å². The molecule has 3 fully saturated rings. The molecule has 6 rings (SSSR count). The summed E-state index contributed by atoms with van der Waals surface area (Å²) in [5.74, 6) is 1.98. The fraction of sp³-hybridized carbons (Fsp3) is 0.467. The molecule has 2 atom stereocenters. The molecule has 2 saturated carbocycles. The first-order valence-corrected chi connectivity index (χ1v) is 13.0. The van der Waals surface area contributed by atoms with Gasteiger partial charge in [-0.1, -0.05) is 55.3 Å². The number of benzene rings is 2. The molecule has 0 radical (unpaired) electrons. The fourth-order valence-electron chi connectivity index (χ4n) is 5.58. The van der Waals surface area contributed by atoms with Crippen molar-refractivity contribution in [2.75, 3.05) is 6.54 Å². The molecular weight excluding hydrogens is 404 g/mol. The maximum Gasteiger partial charge on any atom is 0.164 e.